The predicted octanol–water partition coefficient (Wildman–Crippen LogP) is 3.74. The minimum absolute atomic E-state index is 0.207. The molecule has 3 aromatic carbocycles. The van der Waals surface area contributed by atoms with Gasteiger partial charge in [0.25, 0.3) is 0 Å². The lowest BCUT2D eigenvalue weighted by molar-refractivity contribution is -0.139. The molecule has 0 unspecified atom stereocenters. The summed E-state index contributed by atoms with van der Waals surface area (Å²) >= 11 is 3.64. The minimum atomic E-state index is -0.207. The Labute approximate surface area is 145 Å². The Morgan fingerprint density at radius 2 is 1.70 bits per heavy atom. The summed E-state index contributed by atoms with van der Waals surface area (Å²) in [5.74, 6) is -0.207. The number of fused-ring (bicyclic) bond motifs is 2. The van der Waals surface area contributed by atoms with Gasteiger partial charge in [0, 0.05) is 5.33 Å². The van der Waals surface area contributed by atoms with Gasteiger partial charge in [0.1, 0.15) is 7.85 Å². The van der Waals surface area contributed by atoms with Gasteiger partial charge in [-0.2, -0.15) is 0 Å². The Hall–Kier alpha value is -1.81. The van der Waals surface area contributed by atoms with E-state index in [0.717, 1.165) is 17.2 Å². The van der Waals surface area contributed by atoms with Crippen LogP contribution in [-0.4, -0.2) is 20.9 Å². The minimum Gasteiger partial charge on any atom is -0.469 e. The third-order valence-electron chi connectivity index (χ3n) is 4.37. The lowest BCUT2D eigenvalue weighted by Gasteiger charge is -2.15. The second kappa shape index (κ2) is 6.75. The highest BCUT2D eigenvalue weighted by molar-refractivity contribution is 9.08. The van der Waals surface area contributed by atoms with Crippen LogP contribution in [0.2, 0.25) is 0 Å². The molecule has 0 bridgehead atoms. The van der Waals surface area contributed by atoms with E-state index < -0.39 is 0 Å². The van der Waals surface area contributed by atoms with Crippen molar-refractivity contribution in [2.45, 2.75) is 18.1 Å². The van der Waals surface area contributed by atoms with E-state index in [-0.39, 0.29) is 5.97 Å². The quantitative estimate of drug-likeness (QED) is 0.303. The number of rotatable bonds is 4. The Balaban J connectivity index is 2.33. The van der Waals surface area contributed by atoms with E-state index in [4.69, 9.17) is 4.74 Å². The number of esters is 1. The van der Waals surface area contributed by atoms with Gasteiger partial charge in [-0.05, 0) is 38.2 Å². The molecule has 0 saturated heterocycles. The molecule has 0 atom stereocenters. The molecule has 0 amide bonds. The van der Waals surface area contributed by atoms with E-state index in [0.29, 0.717) is 6.42 Å². The molecule has 0 N–H and O–H groups in total. The van der Waals surface area contributed by atoms with Gasteiger partial charge in [-0.15, -0.1) is 0 Å². The molecule has 2 nitrogen and oxygen atoms in total. The molecule has 4 heteroatoms. The van der Waals surface area contributed by atoms with Crippen LogP contribution in [-0.2, 0) is 27.6 Å². The van der Waals surface area contributed by atoms with E-state index in [2.05, 4.69) is 60.2 Å². The van der Waals surface area contributed by atoms with E-state index in [1.165, 1.54) is 39.8 Å². The maximum absolute atomic E-state index is 11.6. The molecule has 3 rings (SSSR count). The van der Waals surface area contributed by atoms with Gasteiger partial charge in [0.2, 0.25) is 0 Å². The van der Waals surface area contributed by atoms with Crippen LogP contribution in [0, 0.1) is 0 Å². The SMILES string of the molecule is BCc1c2ccccc2c(CBr)c2cc(CC(=O)OC)ccc12. The normalized spacial score (nSPS) is 11.0. The van der Waals surface area contributed by atoms with Crippen molar-refractivity contribution in [3.63, 3.8) is 0 Å². The molecule has 0 aliphatic rings. The summed E-state index contributed by atoms with van der Waals surface area (Å²) in [6.07, 6.45) is 1.29. The maximum atomic E-state index is 11.6. The molecule has 0 aliphatic carbocycles. The molecule has 0 fully saturated rings. The molecule has 0 saturated carbocycles. The summed E-state index contributed by atoms with van der Waals surface area (Å²) in [7, 11) is 3.62. The monoisotopic (exact) mass is 368 g/mol. The van der Waals surface area contributed by atoms with E-state index >= 15 is 0 Å². The first-order valence-corrected chi connectivity index (χ1v) is 8.89. The topological polar surface area (TPSA) is 26.3 Å². The number of carbonyl (C=O) groups excluding carboxylic acids is 1. The third kappa shape index (κ3) is 2.88. The van der Waals surface area contributed by atoms with Crippen LogP contribution in [0.5, 0.6) is 0 Å². The number of alkyl halides is 1. The second-order valence-electron chi connectivity index (χ2n) is 5.62. The number of carbonyl (C=O) groups is 1. The van der Waals surface area contributed by atoms with Crippen molar-refractivity contribution in [3.8, 4) is 0 Å². The second-order valence-corrected chi connectivity index (χ2v) is 6.18. The average molecular weight is 369 g/mol. The zero-order chi connectivity index (χ0) is 16.4. The standard InChI is InChI=1S/C19H18BBrO2/c1-23-19(22)9-12-6-7-15-16(8-12)18(11-21)14-5-3-2-4-13(14)17(15)10-20/h2-8H,9-11,20H2,1H3. The summed E-state index contributed by atoms with van der Waals surface area (Å²) in [6, 6.07) is 14.9. The van der Waals surface area contributed by atoms with E-state index in [1.807, 2.05) is 6.07 Å². The van der Waals surface area contributed by atoms with Gasteiger partial charge in [0.15, 0.2) is 0 Å². The Morgan fingerprint density at radius 3 is 2.30 bits per heavy atom. The molecular weight excluding hydrogens is 351 g/mol. The van der Waals surface area contributed by atoms with Crippen LogP contribution < -0.4 is 0 Å². The van der Waals surface area contributed by atoms with Crippen LogP contribution in [0.25, 0.3) is 21.5 Å². The number of hydrogen-bond acceptors (Lipinski definition) is 2. The first-order valence-electron chi connectivity index (χ1n) is 7.77. The van der Waals surface area contributed by atoms with Gasteiger partial charge in [-0.3, -0.25) is 4.79 Å². The first-order chi connectivity index (χ1) is 11.2. The number of methoxy groups -OCH3 is 1. The van der Waals surface area contributed by atoms with Gasteiger partial charge < -0.3 is 4.74 Å². The largest absolute Gasteiger partial charge is 0.469 e. The maximum Gasteiger partial charge on any atom is 0.309 e. The van der Waals surface area contributed by atoms with Crippen molar-refractivity contribution in [3.05, 3.63) is 59.2 Å². The first kappa shape index (κ1) is 16.1. The Kier molecular flexibility index (Phi) is 4.72. The molecule has 0 heterocycles. The van der Waals surface area contributed by atoms with Crippen LogP contribution >= 0.6 is 15.9 Å². The van der Waals surface area contributed by atoms with Gasteiger partial charge in [0.05, 0.1) is 13.5 Å². The predicted molar refractivity (Wildman–Crippen MR) is 102 cm³/mol. The van der Waals surface area contributed by atoms with Gasteiger partial charge in [-0.1, -0.05) is 64.7 Å². The van der Waals surface area contributed by atoms with Gasteiger partial charge >= 0.3 is 5.97 Å². The summed E-state index contributed by atoms with van der Waals surface area (Å²) in [6.45, 7) is 0. The highest BCUT2D eigenvalue weighted by Gasteiger charge is 2.13. The number of halogens is 1. The molecule has 0 spiro atoms. The molecule has 116 valence electrons. The molecule has 0 aromatic heterocycles. The van der Waals surface area contributed by atoms with Crippen molar-refractivity contribution in [1.82, 2.24) is 0 Å². The van der Waals surface area contributed by atoms with Crippen LogP contribution in [0.4, 0.5) is 0 Å². The number of benzene rings is 3. The smallest absolute Gasteiger partial charge is 0.309 e. The fourth-order valence-electron chi connectivity index (χ4n) is 3.28. The van der Waals surface area contributed by atoms with Crippen molar-refractivity contribution in [1.29, 1.82) is 0 Å². The molecule has 3 aromatic rings. The fraction of sp³-hybridized carbons (Fsp3) is 0.211. The van der Waals surface area contributed by atoms with Crippen LogP contribution in [0.1, 0.15) is 16.7 Å². The van der Waals surface area contributed by atoms with Gasteiger partial charge in [-0.25, -0.2) is 0 Å². The fourth-order valence-corrected chi connectivity index (χ4v) is 3.88. The average Bonchev–Trinajstić information content (AvgIpc) is 2.59. The zero-order valence-corrected chi connectivity index (χ0v) is 14.9. The van der Waals surface area contributed by atoms with Crippen molar-refractivity contribution >= 4 is 51.3 Å². The summed E-state index contributed by atoms with van der Waals surface area (Å²) in [5, 5.41) is 5.88. The third-order valence-corrected chi connectivity index (χ3v) is 4.94. The van der Waals surface area contributed by atoms with Crippen molar-refractivity contribution in [2.24, 2.45) is 0 Å². The number of ether oxygens (including phenoxy) is 1. The highest BCUT2D eigenvalue weighted by Crippen LogP contribution is 2.34. The summed E-state index contributed by atoms with van der Waals surface area (Å²) in [4.78, 5) is 11.6. The molecule has 0 aliphatic heterocycles. The van der Waals surface area contributed by atoms with E-state index in [9.17, 15) is 4.79 Å². The van der Waals surface area contributed by atoms with E-state index in [1.54, 1.807) is 0 Å². The zero-order valence-electron chi connectivity index (χ0n) is 13.4. The summed E-state index contributed by atoms with van der Waals surface area (Å²) < 4.78 is 4.79. The Morgan fingerprint density at radius 1 is 1.04 bits per heavy atom. The lowest BCUT2D eigenvalue weighted by Crippen LogP contribution is -2.04. The lowest BCUT2D eigenvalue weighted by atomic mass is 9.85. The Bertz CT molecular complexity index is 889. The van der Waals surface area contributed by atoms with Crippen LogP contribution in [0.3, 0.4) is 0 Å². The molecular formula is C19H18BBrO2. The van der Waals surface area contributed by atoms with Crippen LogP contribution in [0.15, 0.2) is 42.5 Å². The molecule has 23 heavy (non-hydrogen) atoms. The van der Waals surface area contributed by atoms with Crippen molar-refractivity contribution in [2.75, 3.05) is 7.11 Å². The summed E-state index contributed by atoms with van der Waals surface area (Å²) in [5.41, 5.74) is 3.63. The van der Waals surface area contributed by atoms with Crippen molar-refractivity contribution < 1.29 is 9.53 Å². The molecule has 0 radical (unpaired) electrons. The number of hydrogen-bond donors (Lipinski definition) is 0. The highest BCUT2D eigenvalue weighted by atomic mass is 79.9.